The van der Waals surface area contributed by atoms with Crippen molar-refractivity contribution in [1.29, 1.82) is 0 Å². The molecular weight excluding hydrogens is 367 g/mol. The van der Waals surface area contributed by atoms with Crippen LogP contribution in [0, 0.1) is 5.82 Å². The number of para-hydroxylation sites is 3. The fourth-order valence-electron chi connectivity index (χ4n) is 2.71. The Labute approximate surface area is 161 Å². The quantitative estimate of drug-likeness (QED) is 0.798. The van der Waals surface area contributed by atoms with Crippen LogP contribution in [0.3, 0.4) is 0 Å². The number of anilines is 2. The lowest BCUT2D eigenvalue weighted by atomic mass is 10.2. The number of rotatable bonds is 5. The Morgan fingerprint density at radius 1 is 1.21 bits per heavy atom. The molecule has 2 aromatic rings. The highest BCUT2D eigenvalue weighted by atomic mass is 19.1. The van der Waals surface area contributed by atoms with Crippen LogP contribution in [-0.4, -0.2) is 37.0 Å². The number of carbonyl (C=O) groups is 3. The number of esters is 1. The van der Waals surface area contributed by atoms with Crippen LogP contribution in [0.25, 0.3) is 0 Å². The van der Waals surface area contributed by atoms with Crippen molar-refractivity contribution in [2.24, 2.45) is 0 Å². The molecule has 7 nitrogen and oxygen atoms in total. The van der Waals surface area contributed by atoms with Gasteiger partial charge in [-0.05, 0) is 31.2 Å². The van der Waals surface area contributed by atoms with E-state index in [1.54, 1.807) is 30.3 Å². The predicted octanol–water partition coefficient (Wildman–Crippen LogP) is 2.51. The number of nitrogens with zero attached hydrogens (tertiary/aromatic N) is 1. The number of hydrogen-bond donors (Lipinski definition) is 1. The highest BCUT2D eigenvalue weighted by molar-refractivity contribution is 6.00. The van der Waals surface area contributed by atoms with Crippen molar-refractivity contribution in [2.45, 2.75) is 19.4 Å². The number of ether oxygens (including phenoxy) is 2. The normalized spacial score (nSPS) is 14.4. The first kappa shape index (κ1) is 19.3. The van der Waals surface area contributed by atoms with Crippen molar-refractivity contribution in [2.75, 3.05) is 23.4 Å². The molecule has 0 spiro atoms. The molecule has 0 aromatic heterocycles. The number of fused-ring (bicyclic) bond motifs is 1. The zero-order valence-corrected chi connectivity index (χ0v) is 15.2. The summed E-state index contributed by atoms with van der Waals surface area (Å²) < 4.78 is 24.3. The molecule has 146 valence electrons. The molecule has 1 N–H and O–H groups in total. The fourth-order valence-corrected chi connectivity index (χ4v) is 2.71. The van der Waals surface area contributed by atoms with E-state index in [0.717, 1.165) is 0 Å². The molecule has 0 bridgehead atoms. The minimum Gasteiger partial charge on any atom is -0.491 e. The largest absolute Gasteiger partial charge is 0.491 e. The molecule has 1 aliphatic rings. The second-order valence-electron chi connectivity index (χ2n) is 6.15. The van der Waals surface area contributed by atoms with E-state index in [-0.39, 0.29) is 31.2 Å². The Kier molecular flexibility index (Phi) is 5.88. The second-order valence-corrected chi connectivity index (χ2v) is 6.15. The van der Waals surface area contributed by atoms with Gasteiger partial charge in [-0.1, -0.05) is 24.3 Å². The Bertz CT molecular complexity index is 902. The fraction of sp³-hybridized carbons (Fsp3) is 0.250. The summed E-state index contributed by atoms with van der Waals surface area (Å²) in [5.41, 5.74) is 0.453. The van der Waals surface area contributed by atoms with Gasteiger partial charge in [0.15, 0.2) is 6.10 Å². The van der Waals surface area contributed by atoms with Crippen LogP contribution in [-0.2, 0) is 19.1 Å². The van der Waals surface area contributed by atoms with Crippen molar-refractivity contribution in [3.8, 4) is 5.75 Å². The van der Waals surface area contributed by atoms with E-state index in [9.17, 15) is 18.8 Å². The molecule has 0 saturated carbocycles. The van der Waals surface area contributed by atoms with Gasteiger partial charge in [0.05, 0.1) is 24.4 Å². The molecule has 2 amide bonds. The molecule has 2 aromatic carbocycles. The topological polar surface area (TPSA) is 84.9 Å². The summed E-state index contributed by atoms with van der Waals surface area (Å²) in [5, 5.41) is 2.36. The molecule has 8 heteroatoms. The van der Waals surface area contributed by atoms with Crippen LogP contribution in [0.2, 0.25) is 0 Å². The third kappa shape index (κ3) is 4.46. The van der Waals surface area contributed by atoms with Gasteiger partial charge in [0.25, 0.3) is 5.91 Å². The Morgan fingerprint density at radius 3 is 2.71 bits per heavy atom. The van der Waals surface area contributed by atoms with E-state index in [0.29, 0.717) is 11.4 Å². The monoisotopic (exact) mass is 386 g/mol. The molecule has 0 radical (unpaired) electrons. The maximum absolute atomic E-state index is 13.6. The number of carbonyl (C=O) groups excluding carboxylic acids is 3. The van der Waals surface area contributed by atoms with Gasteiger partial charge < -0.3 is 14.8 Å². The van der Waals surface area contributed by atoms with Gasteiger partial charge in [-0.2, -0.15) is 0 Å². The Balaban J connectivity index is 1.64. The summed E-state index contributed by atoms with van der Waals surface area (Å²) in [5.74, 6) is -1.83. The van der Waals surface area contributed by atoms with Gasteiger partial charge in [0.1, 0.15) is 18.1 Å². The summed E-state index contributed by atoms with van der Waals surface area (Å²) in [6.45, 7) is 1.22. The lowest BCUT2D eigenvalue weighted by Crippen LogP contribution is -2.39. The van der Waals surface area contributed by atoms with E-state index in [2.05, 4.69) is 5.32 Å². The molecule has 3 rings (SSSR count). The number of hydrogen-bond acceptors (Lipinski definition) is 5. The highest BCUT2D eigenvalue weighted by Crippen LogP contribution is 2.30. The number of halogens is 1. The standard InChI is InChI=1S/C20H19FN2O5/c1-13(20(26)22-15-7-3-2-6-14(15)21)28-19(25)12-23-16-8-4-5-9-17(16)27-11-10-18(23)24/h2-9,13H,10-12H2,1H3,(H,22,26)/t13-/m1/s1. The maximum Gasteiger partial charge on any atom is 0.326 e. The van der Waals surface area contributed by atoms with Gasteiger partial charge in [0, 0.05) is 0 Å². The van der Waals surface area contributed by atoms with E-state index >= 15 is 0 Å². The molecule has 0 saturated heterocycles. The number of nitrogens with one attached hydrogen (secondary N) is 1. The van der Waals surface area contributed by atoms with Crippen molar-refractivity contribution in [3.63, 3.8) is 0 Å². The SMILES string of the molecule is C[C@@H](OC(=O)CN1C(=O)CCOc2ccccc21)C(=O)Nc1ccccc1F. The predicted molar refractivity (Wildman–Crippen MR) is 99.5 cm³/mol. The molecule has 0 fully saturated rings. The summed E-state index contributed by atoms with van der Waals surface area (Å²) in [6, 6.07) is 12.5. The van der Waals surface area contributed by atoms with Crippen molar-refractivity contribution in [3.05, 3.63) is 54.3 Å². The number of amides is 2. The average molecular weight is 386 g/mol. The van der Waals surface area contributed by atoms with Crippen molar-refractivity contribution >= 4 is 29.2 Å². The third-order valence-electron chi connectivity index (χ3n) is 4.13. The molecule has 0 unspecified atom stereocenters. The van der Waals surface area contributed by atoms with Crippen LogP contribution in [0.1, 0.15) is 13.3 Å². The van der Waals surface area contributed by atoms with Crippen molar-refractivity contribution in [1.82, 2.24) is 0 Å². The molecule has 1 heterocycles. The first-order chi connectivity index (χ1) is 13.5. The van der Waals surface area contributed by atoms with E-state index < -0.39 is 23.8 Å². The van der Waals surface area contributed by atoms with Crippen LogP contribution in [0.4, 0.5) is 15.8 Å². The summed E-state index contributed by atoms with van der Waals surface area (Å²) >= 11 is 0. The lowest BCUT2D eigenvalue weighted by Gasteiger charge is -2.22. The molecule has 1 atom stereocenters. The van der Waals surface area contributed by atoms with Gasteiger partial charge in [-0.25, -0.2) is 4.39 Å². The molecular formula is C20H19FN2O5. The lowest BCUT2D eigenvalue weighted by molar-refractivity contribution is -0.152. The van der Waals surface area contributed by atoms with Crippen LogP contribution in [0.5, 0.6) is 5.75 Å². The minimum atomic E-state index is -1.17. The Morgan fingerprint density at radius 2 is 1.93 bits per heavy atom. The van der Waals surface area contributed by atoms with Gasteiger partial charge in [-0.15, -0.1) is 0 Å². The zero-order chi connectivity index (χ0) is 20.1. The van der Waals surface area contributed by atoms with E-state index in [1.807, 2.05) is 0 Å². The van der Waals surface area contributed by atoms with E-state index in [4.69, 9.17) is 9.47 Å². The molecule has 28 heavy (non-hydrogen) atoms. The third-order valence-corrected chi connectivity index (χ3v) is 4.13. The zero-order valence-electron chi connectivity index (χ0n) is 15.2. The average Bonchev–Trinajstić information content (AvgIpc) is 2.82. The summed E-state index contributed by atoms with van der Waals surface area (Å²) in [7, 11) is 0. The summed E-state index contributed by atoms with van der Waals surface area (Å²) in [4.78, 5) is 38.1. The molecule has 1 aliphatic heterocycles. The van der Waals surface area contributed by atoms with Crippen LogP contribution < -0.4 is 15.0 Å². The molecule has 0 aliphatic carbocycles. The Hall–Kier alpha value is -3.42. The highest BCUT2D eigenvalue weighted by Gasteiger charge is 2.27. The maximum atomic E-state index is 13.6. The summed E-state index contributed by atoms with van der Waals surface area (Å²) in [6.07, 6.45) is -1.05. The van der Waals surface area contributed by atoms with Gasteiger partial charge >= 0.3 is 5.97 Å². The second kappa shape index (κ2) is 8.51. The first-order valence-electron chi connectivity index (χ1n) is 8.73. The smallest absolute Gasteiger partial charge is 0.326 e. The van der Waals surface area contributed by atoms with Gasteiger partial charge in [-0.3, -0.25) is 19.3 Å². The van der Waals surface area contributed by atoms with Crippen LogP contribution in [0.15, 0.2) is 48.5 Å². The minimum absolute atomic E-state index is 0.0100. The van der Waals surface area contributed by atoms with Gasteiger partial charge in [0.2, 0.25) is 5.91 Å². The van der Waals surface area contributed by atoms with Crippen molar-refractivity contribution < 1.29 is 28.2 Å². The van der Waals surface area contributed by atoms with E-state index in [1.165, 1.54) is 30.0 Å². The first-order valence-corrected chi connectivity index (χ1v) is 8.73. The van der Waals surface area contributed by atoms with Crippen LogP contribution >= 0.6 is 0 Å². The number of benzene rings is 2.